The summed E-state index contributed by atoms with van der Waals surface area (Å²) < 4.78 is 0. The van der Waals surface area contributed by atoms with Gasteiger partial charge in [-0.15, -0.1) is 0 Å². The fourth-order valence-electron chi connectivity index (χ4n) is 3.04. The molecule has 0 aliphatic rings. The average molecular weight is 371 g/mol. The van der Waals surface area contributed by atoms with Gasteiger partial charge in [0, 0.05) is 0 Å². The smallest absolute Gasteiger partial charge is 0.0790 e. The molecule has 0 spiro atoms. The monoisotopic (exact) mass is 370 g/mol. The number of aliphatic hydroxyl groups is 2. The van der Waals surface area contributed by atoms with Crippen molar-refractivity contribution in [2.75, 3.05) is 0 Å². The van der Waals surface area contributed by atoms with Crippen LogP contribution in [0.15, 0.2) is 60.7 Å². The molecular formula is C25H38O2. The highest BCUT2D eigenvalue weighted by molar-refractivity contribution is 5.17. The Morgan fingerprint density at radius 1 is 0.556 bits per heavy atom. The van der Waals surface area contributed by atoms with Gasteiger partial charge in [-0.1, -0.05) is 119 Å². The molecule has 0 saturated carbocycles. The highest BCUT2D eigenvalue weighted by Gasteiger charge is 2.05. The summed E-state index contributed by atoms with van der Waals surface area (Å²) in [7, 11) is 0. The third-order valence-electron chi connectivity index (χ3n) is 4.78. The van der Waals surface area contributed by atoms with Crippen molar-refractivity contribution in [2.45, 2.75) is 83.8 Å². The summed E-state index contributed by atoms with van der Waals surface area (Å²) in [5.41, 5.74) is 2.09. The fraction of sp³-hybridized carbons (Fsp3) is 0.520. The zero-order valence-electron chi connectivity index (χ0n) is 17.2. The Balaban J connectivity index is 0.000000271. The van der Waals surface area contributed by atoms with Crippen molar-refractivity contribution >= 4 is 0 Å². The zero-order valence-corrected chi connectivity index (χ0v) is 17.2. The second-order valence-corrected chi connectivity index (χ2v) is 7.20. The van der Waals surface area contributed by atoms with Crippen LogP contribution in [0.2, 0.25) is 0 Å². The van der Waals surface area contributed by atoms with Gasteiger partial charge in [-0.2, -0.15) is 0 Å². The van der Waals surface area contributed by atoms with Crippen LogP contribution in [0.25, 0.3) is 0 Å². The molecule has 2 unspecified atom stereocenters. The summed E-state index contributed by atoms with van der Waals surface area (Å²) in [4.78, 5) is 0. The molecule has 0 aromatic heterocycles. The van der Waals surface area contributed by atoms with Gasteiger partial charge in [-0.05, 0) is 24.0 Å². The zero-order chi connectivity index (χ0) is 19.7. The third-order valence-corrected chi connectivity index (χ3v) is 4.78. The van der Waals surface area contributed by atoms with Gasteiger partial charge >= 0.3 is 0 Å². The number of benzene rings is 2. The molecule has 0 saturated heterocycles. The van der Waals surface area contributed by atoms with Crippen LogP contribution >= 0.6 is 0 Å². The molecule has 2 heteroatoms. The van der Waals surface area contributed by atoms with E-state index >= 15 is 0 Å². The SMILES string of the molecule is CCCCCC(O)c1ccccc1.CCCCCCC(O)c1ccccc1. The number of aliphatic hydroxyl groups excluding tert-OH is 2. The van der Waals surface area contributed by atoms with Gasteiger partial charge in [0.15, 0.2) is 0 Å². The molecule has 0 heterocycles. The number of rotatable bonds is 11. The Labute approximate surface area is 166 Å². The second-order valence-electron chi connectivity index (χ2n) is 7.20. The number of hydrogen-bond acceptors (Lipinski definition) is 2. The molecule has 0 aliphatic carbocycles. The quantitative estimate of drug-likeness (QED) is 0.418. The maximum absolute atomic E-state index is 9.82. The molecular weight excluding hydrogens is 332 g/mol. The molecule has 0 fully saturated rings. The van der Waals surface area contributed by atoms with Gasteiger partial charge in [0.2, 0.25) is 0 Å². The standard InChI is InChI=1S/C13H20O.C12H18O/c1-2-3-4-8-11-13(14)12-9-6-5-7-10-12;1-2-3-5-10-12(13)11-8-6-4-7-9-11/h5-7,9-10,13-14H,2-4,8,11H2,1H3;4,6-9,12-13H,2-3,5,10H2,1H3. The van der Waals surface area contributed by atoms with Crippen molar-refractivity contribution in [3.8, 4) is 0 Å². The summed E-state index contributed by atoms with van der Waals surface area (Å²) in [6.07, 6.45) is 9.67. The summed E-state index contributed by atoms with van der Waals surface area (Å²) in [6, 6.07) is 19.8. The van der Waals surface area contributed by atoms with Crippen LogP contribution in [0.1, 0.15) is 95.0 Å². The van der Waals surface area contributed by atoms with Gasteiger partial charge in [-0.25, -0.2) is 0 Å². The minimum absolute atomic E-state index is 0.270. The van der Waals surface area contributed by atoms with Crippen LogP contribution in [0, 0.1) is 0 Å². The van der Waals surface area contributed by atoms with Crippen molar-refractivity contribution < 1.29 is 10.2 Å². The Morgan fingerprint density at radius 3 is 1.33 bits per heavy atom. The first-order valence-electron chi connectivity index (χ1n) is 10.6. The molecule has 2 N–H and O–H groups in total. The van der Waals surface area contributed by atoms with E-state index in [0.29, 0.717) is 0 Å². The molecule has 2 rings (SSSR count). The van der Waals surface area contributed by atoms with Crippen molar-refractivity contribution in [1.82, 2.24) is 0 Å². The van der Waals surface area contributed by atoms with E-state index in [9.17, 15) is 10.2 Å². The maximum Gasteiger partial charge on any atom is 0.0790 e. The molecule has 27 heavy (non-hydrogen) atoms. The predicted molar refractivity (Wildman–Crippen MR) is 116 cm³/mol. The fourth-order valence-corrected chi connectivity index (χ4v) is 3.04. The molecule has 2 atom stereocenters. The lowest BCUT2D eigenvalue weighted by atomic mass is 10.0. The van der Waals surface area contributed by atoms with Crippen LogP contribution < -0.4 is 0 Å². The Bertz CT molecular complexity index is 553. The average Bonchev–Trinajstić information content (AvgIpc) is 2.73. The van der Waals surface area contributed by atoms with Crippen molar-refractivity contribution in [2.24, 2.45) is 0 Å². The van der Waals surface area contributed by atoms with E-state index in [1.165, 1.54) is 32.1 Å². The topological polar surface area (TPSA) is 40.5 Å². The van der Waals surface area contributed by atoms with Gasteiger partial charge in [0.25, 0.3) is 0 Å². The van der Waals surface area contributed by atoms with Crippen molar-refractivity contribution in [1.29, 1.82) is 0 Å². The van der Waals surface area contributed by atoms with Crippen molar-refractivity contribution in [3.05, 3.63) is 71.8 Å². The Kier molecular flexibility index (Phi) is 13.4. The number of hydrogen-bond donors (Lipinski definition) is 2. The maximum atomic E-state index is 9.82. The lowest BCUT2D eigenvalue weighted by Gasteiger charge is -2.09. The molecule has 2 nitrogen and oxygen atoms in total. The van der Waals surface area contributed by atoms with Crippen molar-refractivity contribution in [3.63, 3.8) is 0 Å². The highest BCUT2D eigenvalue weighted by atomic mass is 16.3. The van der Waals surface area contributed by atoms with Crippen LogP contribution in [0.5, 0.6) is 0 Å². The molecule has 0 radical (unpaired) electrons. The number of unbranched alkanes of at least 4 members (excludes halogenated alkanes) is 5. The summed E-state index contributed by atoms with van der Waals surface area (Å²) >= 11 is 0. The van der Waals surface area contributed by atoms with E-state index in [2.05, 4.69) is 13.8 Å². The minimum atomic E-state index is -0.271. The van der Waals surface area contributed by atoms with Crippen LogP contribution in [0.3, 0.4) is 0 Å². The van der Waals surface area contributed by atoms with Gasteiger partial charge in [0.1, 0.15) is 0 Å². The van der Waals surface area contributed by atoms with Crippen LogP contribution in [0.4, 0.5) is 0 Å². The second kappa shape index (κ2) is 15.4. The van der Waals surface area contributed by atoms with E-state index in [1.54, 1.807) is 0 Å². The molecule has 0 aliphatic heterocycles. The van der Waals surface area contributed by atoms with Crippen LogP contribution in [-0.2, 0) is 0 Å². The lowest BCUT2D eigenvalue weighted by molar-refractivity contribution is 0.163. The summed E-state index contributed by atoms with van der Waals surface area (Å²) in [5.74, 6) is 0. The first-order chi connectivity index (χ1) is 13.2. The lowest BCUT2D eigenvalue weighted by Crippen LogP contribution is -1.96. The van der Waals surface area contributed by atoms with Gasteiger partial charge in [0.05, 0.1) is 12.2 Å². The van der Waals surface area contributed by atoms with Gasteiger partial charge in [-0.3, -0.25) is 0 Å². The molecule has 2 aromatic rings. The molecule has 0 amide bonds. The van der Waals surface area contributed by atoms with Gasteiger partial charge < -0.3 is 10.2 Å². The largest absolute Gasteiger partial charge is 0.388 e. The first kappa shape index (κ1) is 23.4. The Hall–Kier alpha value is -1.64. The molecule has 0 bridgehead atoms. The first-order valence-corrected chi connectivity index (χ1v) is 10.6. The van der Waals surface area contributed by atoms with E-state index in [-0.39, 0.29) is 12.2 Å². The van der Waals surface area contributed by atoms with Crippen LogP contribution in [-0.4, -0.2) is 10.2 Å². The van der Waals surface area contributed by atoms with E-state index in [4.69, 9.17) is 0 Å². The van der Waals surface area contributed by atoms with E-state index in [1.807, 2.05) is 60.7 Å². The molecule has 150 valence electrons. The molecule has 2 aromatic carbocycles. The highest BCUT2D eigenvalue weighted by Crippen LogP contribution is 2.19. The summed E-state index contributed by atoms with van der Waals surface area (Å²) in [5, 5.41) is 19.6. The summed E-state index contributed by atoms with van der Waals surface area (Å²) in [6.45, 7) is 4.38. The minimum Gasteiger partial charge on any atom is -0.388 e. The normalized spacial score (nSPS) is 12.7. The Morgan fingerprint density at radius 2 is 0.926 bits per heavy atom. The third kappa shape index (κ3) is 10.9. The van der Waals surface area contributed by atoms with E-state index < -0.39 is 0 Å². The predicted octanol–water partition coefficient (Wildman–Crippen LogP) is 6.99. The van der Waals surface area contributed by atoms with E-state index in [0.717, 1.165) is 36.8 Å².